The largest absolute Gasteiger partial charge is 0.338 e. The first-order valence-corrected chi connectivity index (χ1v) is 10.5. The zero-order valence-electron chi connectivity index (χ0n) is 14.7. The Kier molecular flexibility index (Phi) is 4.90. The maximum Gasteiger partial charge on any atom is 0.253 e. The molecule has 25 heavy (non-hydrogen) atoms. The van der Waals surface area contributed by atoms with Crippen LogP contribution in [0.1, 0.15) is 29.3 Å². The van der Waals surface area contributed by atoms with Crippen LogP contribution < -0.4 is 0 Å². The summed E-state index contributed by atoms with van der Waals surface area (Å²) in [5.41, 5.74) is 0.987. The Balaban J connectivity index is 1.79. The number of hydrogen-bond donors (Lipinski definition) is 0. The Morgan fingerprint density at radius 3 is 2.52 bits per heavy atom. The monoisotopic (exact) mass is 368 g/mol. The fraction of sp³-hybridized carbons (Fsp3) is 0.611. The summed E-state index contributed by atoms with van der Waals surface area (Å²) >= 11 is 0. The van der Waals surface area contributed by atoms with E-state index in [-0.39, 0.29) is 24.9 Å². The van der Waals surface area contributed by atoms with Gasteiger partial charge in [0.25, 0.3) is 5.91 Å². The Morgan fingerprint density at radius 2 is 1.96 bits per heavy atom. The Morgan fingerprint density at radius 1 is 1.28 bits per heavy atom. The van der Waals surface area contributed by atoms with Crippen molar-refractivity contribution < 1.29 is 17.6 Å². The van der Waals surface area contributed by atoms with Crippen LogP contribution in [0.3, 0.4) is 0 Å². The van der Waals surface area contributed by atoms with E-state index in [1.54, 1.807) is 4.90 Å². The van der Waals surface area contributed by atoms with E-state index < -0.39 is 22.1 Å². The summed E-state index contributed by atoms with van der Waals surface area (Å²) in [6, 6.07) is 7.50. The molecule has 1 amide bonds. The lowest BCUT2D eigenvalue weighted by Crippen LogP contribution is -2.51. The molecule has 2 aliphatic heterocycles. The minimum atomic E-state index is -3.35. The first-order chi connectivity index (χ1) is 11.8. The predicted octanol–water partition coefficient (Wildman–Crippen LogP) is 1.94. The Hall–Kier alpha value is -1.47. The van der Waals surface area contributed by atoms with E-state index >= 15 is 0 Å². The molecule has 1 aromatic rings. The number of carbonyl (C=O) groups is 1. The van der Waals surface area contributed by atoms with Crippen LogP contribution in [0.2, 0.25) is 0 Å². The highest BCUT2D eigenvalue weighted by Crippen LogP contribution is 2.43. The molecule has 2 fully saturated rings. The van der Waals surface area contributed by atoms with Crippen molar-refractivity contribution in [3.63, 3.8) is 0 Å². The molecular weight excluding hydrogens is 343 g/mol. The summed E-state index contributed by atoms with van der Waals surface area (Å²) in [7, 11) is -3.35. The SMILES string of the molecule is CCc1ccc(C(=O)N2C[C@@H]3CCN(S(C)(=O)=O)C[C@]3(CF)C2)cc1. The lowest BCUT2D eigenvalue weighted by Gasteiger charge is -2.41. The van der Waals surface area contributed by atoms with Gasteiger partial charge in [0.15, 0.2) is 0 Å². The van der Waals surface area contributed by atoms with Crippen LogP contribution >= 0.6 is 0 Å². The van der Waals surface area contributed by atoms with Gasteiger partial charge in [-0.15, -0.1) is 0 Å². The lowest BCUT2D eigenvalue weighted by atomic mass is 9.75. The maximum atomic E-state index is 14.0. The highest BCUT2D eigenvalue weighted by Gasteiger charge is 2.52. The van der Waals surface area contributed by atoms with Gasteiger partial charge in [-0.25, -0.2) is 12.7 Å². The van der Waals surface area contributed by atoms with Crippen molar-refractivity contribution in [1.82, 2.24) is 9.21 Å². The smallest absolute Gasteiger partial charge is 0.253 e. The molecule has 2 aliphatic rings. The van der Waals surface area contributed by atoms with E-state index in [0.29, 0.717) is 25.1 Å². The van der Waals surface area contributed by atoms with Crippen LogP contribution in [0.25, 0.3) is 0 Å². The van der Waals surface area contributed by atoms with Crippen molar-refractivity contribution in [2.24, 2.45) is 11.3 Å². The fourth-order valence-electron chi connectivity index (χ4n) is 4.04. The van der Waals surface area contributed by atoms with Crippen molar-refractivity contribution in [3.8, 4) is 0 Å². The summed E-state index contributed by atoms with van der Waals surface area (Å²) in [5.74, 6) is -0.0925. The molecule has 0 unspecified atom stereocenters. The highest BCUT2D eigenvalue weighted by molar-refractivity contribution is 7.88. The molecule has 7 heteroatoms. The Bertz CT molecular complexity index is 750. The number of hydrogen-bond acceptors (Lipinski definition) is 3. The minimum Gasteiger partial charge on any atom is -0.338 e. The second-order valence-corrected chi connectivity index (χ2v) is 9.30. The van der Waals surface area contributed by atoms with Crippen LogP contribution in [-0.4, -0.2) is 62.6 Å². The van der Waals surface area contributed by atoms with Crippen LogP contribution in [0, 0.1) is 11.3 Å². The number of piperidine rings is 1. The van der Waals surface area contributed by atoms with Gasteiger partial charge >= 0.3 is 0 Å². The average molecular weight is 368 g/mol. The molecule has 5 nitrogen and oxygen atoms in total. The van der Waals surface area contributed by atoms with Crippen LogP contribution in [0.15, 0.2) is 24.3 Å². The molecular formula is C18H25FN2O3S. The zero-order chi connectivity index (χ0) is 18.2. The van der Waals surface area contributed by atoms with Gasteiger partial charge < -0.3 is 4.90 Å². The number of amides is 1. The summed E-state index contributed by atoms with van der Waals surface area (Å²) in [6.45, 7) is 2.78. The number of aryl methyl sites for hydroxylation is 1. The summed E-state index contributed by atoms with van der Waals surface area (Å²) < 4.78 is 39.0. The van der Waals surface area contributed by atoms with Gasteiger partial charge in [0, 0.05) is 37.2 Å². The second-order valence-electron chi connectivity index (χ2n) is 7.31. The number of carbonyl (C=O) groups excluding carboxylic acids is 1. The maximum absolute atomic E-state index is 14.0. The van der Waals surface area contributed by atoms with Gasteiger partial charge in [-0.3, -0.25) is 9.18 Å². The number of fused-ring (bicyclic) bond motifs is 1. The van der Waals surface area contributed by atoms with Crippen molar-refractivity contribution in [1.29, 1.82) is 0 Å². The van der Waals surface area contributed by atoms with Gasteiger partial charge in [0.05, 0.1) is 12.9 Å². The number of sulfonamides is 1. The van der Waals surface area contributed by atoms with Gasteiger partial charge in [0.2, 0.25) is 10.0 Å². The molecule has 0 radical (unpaired) electrons. The molecule has 2 heterocycles. The van der Waals surface area contributed by atoms with Crippen molar-refractivity contribution in [2.75, 3.05) is 39.1 Å². The first-order valence-electron chi connectivity index (χ1n) is 8.68. The highest BCUT2D eigenvalue weighted by atomic mass is 32.2. The van der Waals surface area contributed by atoms with Gasteiger partial charge in [-0.05, 0) is 36.5 Å². The number of alkyl halides is 1. The topological polar surface area (TPSA) is 57.7 Å². The van der Waals surface area contributed by atoms with E-state index in [1.807, 2.05) is 24.3 Å². The number of benzene rings is 1. The third-order valence-corrected chi connectivity index (χ3v) is 6.91. The van der Waals surface area contributed by atoms with Crippen LogP contribution in [-0.2, 0) is 16.4 Å². The summed E-state index contributed by atoms with van der Waals surface area (Å²) in [6.07, 6.45) is 2.66. The standard InChI is InChI=1S/C18H25FN2O3S/c1-3-14-4-6-15(7-5-14)17(22)20-10-16-8-9-21(25(2,23)24)13-18(16,11-19)12-20/h4-7,16H,3,8-13H2,1-2H3/t16-,18-/m0/s1. The van der Waals surface area contributed by atoms with Crippen LogP contribution in [0.4, 0.5) is 4.39 Å². The summed E-state index contributed by atoms with van der Waals surface area (Å²) in [5, 5.41) is 0. The first kappa shape index (κ1) is 18.3. The molecule has 1 aromatic carbocycles. The molecule has 138 valence electrons. The van der Waals surface area contributed by atoms with E-state index in [1.165, 1.54) is 4.31 Å². The van der Waals surface area contributed by atoms with E-state index in [4.69, 9.17) is 0 Å². The van der Waals surface area contributed by atoms with Crippen molar-refractivity contribution in [2.45, 2.75) is 19.8 Å². The van der Waals surface area contributed by atoms with Crippen molar-refractivity contribution in [3.05, 3.63) is 35.4 Å². The molecule has 3 rings (SSSR count). The summed E-state index contributed by atoms with van der Waals surface area (Å²) in [4.78, 5) is 14.5. The third-order valence-electron chi connectivity index (χ3n) is 5.66. The second kappa shape index (κ2) is 6.68. The van der Waals surface area contributed by atoms with Gasteiger partial charge in [-0.1, -0.05) is 19.1 Å². The molecule has 2 saturated heterocycles. The minimum absolute atomic E-state index is 0.00867. The lowest BCUT2D eigenvalue weighted by molar-refractivity contribution is 0.0700. The van der Waals surface area contributed by atoms with Crippen LogP contribution in [0.5, 0.6) is 0 Å². The average Bonchev–Trinajstić information content (AvgIpc) is 2.99. The molecule has 0 aromatic heterocycles. The molecule has 0 saturated carbocycles. The third kappa shape index (κ3) is 3.44. The number of rotatable bonds is 4. The van der Waals surface area contributed by atoms with Gasteiger partial charge in [-0.2, -0.15) is 0 Å². The molecule has 0 bridgehead atoms. The molecule has 0 spiro atoms. The molecule has 0 N–H and O–H groups in total. The number of likely N-dealkylation sites (tertiary alicyclic amines) is 1. The Labute approximate surface area is 148 Å². The van der Waals surface area contributed by atoms with E-state index in [2.05, 4.69) is 6.92 Å². The van der Waals surface area contributed by atoms with E-state index in [0.717, 1.165) is 18.2 Å². The van der Waals surface area contributed by atoms with Gasteiger partial charge in [0.1, 0.15) is 0 Å². The predicted molar refractivity (Wildman–Crippen MR) is 94.7 cm³/mol. The normalized spacial score (nSPS) is 27.3. The zero-order valence-corrected chi connectivity index (χ0v) is 15.6. The quantitative estimate of drug-likeness (QED) is 0.816. The molecule has 2 atom stereocenters. The van der Waals surface area contributed by atoms with Crippen molar-refractivity contribution >= 4 is 15.9 Å². The number of halogens is 1. The fourth-order valence-corrected chi connectivity index (χ4v) is 4.97. The number of nitrogens with zero attached hydrogens (tertiary/aromatic N) is 2. The van der Waals surface area contributed by atoms with E-state index in [9.17, 15) is 17.6 Å². The molecule has 0 aliphatic carbocycles.